The number of aryl methyl sites for hydroxylation is 2. The summed E-state index contributed by atoms with van der Waals surface area (Å²) in [4.78, 5) is 33.4. The number of rotatable bonds is 9. The fourth-order valence-corrected chi connectivity index (χ4v) is 6.49. The van der Waals surface area contributed by atoms with Gasteiger partial charge in [0.2, 0.25) is 15.9 Å². The molecule has 0 unspecified atom stereocenters. The third-order valence-electron chi connectivity index (χ3n) is 7.68. The van der Waals surface area contributed by atoms with Crippen molar-refractivity contribution in [3.05, 3.63) is 64.1 Å². The lowest BCUT2D eigenvalue weighted by molar-refractivity contribution is -0.274. The van der Waals surface area contributed by atoms with Crippen molar-refractivity contribution in [1.29, 1.82) is 0 Å². The Bertz CT molecular complexity index is 1570. The van der Waals surface area contributed by atoms with E-state index in [0.29, 0.717) is 13.1 Å². The minimum Gasteiger partial charge on any atom is -0.406 e. The molecule has 1 spiro atoms. The minimum atomic E-state index is -4.86. The maximum atomic E-state index is 13.3. The van der Waals surface area contributed by atoms with Crippen molar-refractivity contribution in [2.75, 3.05) is 45.2 Å². The Morgan fingerprint density at radius 1 is 1.11 bits per heavy atom. The van der Waals surface area contributed by atoms with Crippen LogP contribution < -0.4 is 15.0 Å². The van der Waals surface area contributed by atoms with E-state index >= 15 is 0 Å². The van der Waals surface area contributed by atoms with E-state index in [0.717, 1.165) is 39.9 Å². The molecule has 10 nitrogen and oxygen atoms in total. The van der Waals surface area contributed by atoms with Crippen molar-refractivity contribution in [3.63, 3.8) is 0 Å². The summed E-state index contributed by atoms with van der Waals surface area (Å²) < 4.78 is 69.7. The monoisotopic (exact) mass is 635 g/mol. The van der Waals surface area contributed by atoms with E-state index in [9.17, 15) is 31.2 Å². The molecule has 2 aromatic rings. The van der Waals surface area contributed by atoms with E-state index in [1.807, 2.05) is 45.0 Å². The number of amidine groups is 1. The molecule has 238 valence electrons. The molecular formula is C30H36F3N5O5S. The lowest BCUT2D eigenvalue weighted by atomic mass is 9.89. The molecular weight excluding hydrogens is 599 g/mol. The molecule has 1 saturated heterocycles. The summed E-state index contributed by atoms with van der Waals surface area (Å²) in [5, 5.41) is 3.77. The number of aliphatic imine (C=N–C) groups is 1. The van der Waals surface area contributed by atoms with Crippen molar-refractivity contribution in [2.45, 2.75) is 45.5 Å². The number of carbonyl (C=O) groups excluding carboxylic acids is 2. The molecule has 0 saturated carbocycles. The zero-order chi connectivity index (χ0) is 32.4. The molecule has 0 aromatic heterocycles. The van der Waals surface area contributed by atoms with Crippen LogP contribution in [0.1, 0.15) is 42.0 Å². The first-order valence-electron chi connectivity index (χ1n) is 14.0. The summed E-state index contributed by atoms with van der Waals surface area (Å²) in [6.07, 6.45) is -3.11. The van der Waals surface area contributed by atoms with Gasteiger partial charge in [-0.2, -0.15) is 4.31 Å². The van der Waals surface area contributed by atoms with Gasteiger partial charge in [-0.1, -0.05) is 12.1 Å². The number of alkyl halides is 3. The number of nitrogens with one attached hydrogen (secondary N) is 1. The highest BCUT2D eigenvalue weighted by Crippen LogP contribution is 2.33. The molecule has 0 atom stereocenters. The van der Waals surface area contributed by atoms with E-state index < -0.39 is 33.6 Å². The summed E-state index contributed by atoms with van der Waals surface area (Å²) >= 11 is 0. The van der Waals surface area contributed by atoms with Crippen LogP contribution in [0, 0.1) is 13.8 Å². The Morgan fingerprint density at radius 2 is 1.75 bits per heavy atom. The van der Waals surface area contributed by atoms with Crippen LogP contribution in [-0.2, 0) is 19.6 Å². The second kappa shape index (κ2) is 12.7. The van der Waals surface area contributed by atoms with Crippen molar-refractivity contribution in [2.24, 2.45) is 4.99 Å². The number of sulfonamides is 1. The van der Waals surface area contributed by atoms with Crippen LogP contribution in [0.5, 0.6) is 5.75 Å². The SMILES string of the molecule is CC(=O)N(CCN(C)C)c1cc(C)c(/C=C/S(=O)(=O)N2CCC3(CC2)N=C(c2cccc(OC(F)(F)F)c2)NC3=O)c(C)c1. The molecule has 0 radical (unpaired) electrons. The average Bonchev–Trinajstić information content (AvgIpc) is 3.22. The summed E-state index contributed by atoms with van der Waals surface area (Å²) in [5.41, 5.74) is 2.12. The van der Waals surface area contributed by atoms with Crippen LogP contribution in [-0.4, -0.2) is 87.4 Å². The fraction of sp³-hybridized carbons (Fsp3) is 0.433. The quantitative estimate of drug-likeness (QED) is 0.449. The van der Waals surface area contributed by atoms with Gasteiger partial charge in [-0.15, -0.1) is 13.2 Å². The standard InChI is InChI=1S/C30H36F3N5O5S/c1-20-17-24(38(22(3)39)15-14-36(4)5)18-21(2)26(20)9-16-44(41,42)37-12-10-29(11-13-37)28(40)34-27(35-29)23-7-6-8-25(19-23)43-30(31,32)33/h6-9,16-19H,10-15H2,1-5H3,(H,34,35,40)/b16-9+. The lowest BCUT2D eigenvalue weighted by Crippen LogP contribution is -2.50. The molecule has 2 aliphatic heterocycles. The molecule has 2 aromatic carbocycles. The third kappa shape index (κ3) is 7.66. The number of hydrogen-bond acceptors (Lipinski definition) is 7. The third-order valence-corrected chi connectivity index (χ3v) is 9.24. The van der Waals surface area contributed by atoms with Gasteiger partial charge >= 0.3 is 6.36 Å². The minimum absolute atomic E-state index is 0.0322. The van der Waals surface area contributed by atoms with Crippen LogP contribution in [0.4, 0.5) is 18.9 Å². The number of anilines is 1. The highest BCUT2D eigenvalue weighted by molar-refractivity contribution is 7.92. The maximum Gasteiger partial charge on any atom is 0.573 e. The number of benzene rings is 2. The van der Waals surface area contributed by atoms with Gasteiger partial charge in [0.05, 0.1) is 0 Å². The fourth-order valence-electron chi connectivity index (χ4n) is 5.32. The smallest absolute Gasteiger partial charge is 0.406 e. The van der Waals surface area contributed by atoms with E-state index in [2.05, 4.69) is 15.0 Å². The first-order chi connectivity index (χ1) is 20.5. The summed E-state index contributed by atoms with van der Waals surface area (Å²) in [6.45, 7) is 6.50. The number of likely N-dealkylation sites (N-methyl/N-ethyl adjacent to an activating group) is 1. The molecule has 14 heteroatoms. The molecule has 44 heavy (non-hydrogen) atoms. The van der Waals surface area contributed by atoms with Crippen molar-refractivity contribution < 1.29 is 35.9 Å². The summed E-state index contributed by atoms with van der Waals surface area (Å²) in [5.74, 6) is -0.853. The van der Waals surface area contributed by atoms with E-state index in [1.54, 1.807) is 11.0 Å². The Hall–Kier alpha value is -3.75. The largest absolute Gasteiger partial charge is 0.573 e. The molecule has 1 N–H and O–H groups in total. The van der Waals surface area contributed by atoms with Gasteiger partial charge < -0.3 is 19.9 Å². The highest BCUT2D eigenvalue weighted by atomic mass is 32.2. The van der Waals surface area contributed by atoms with Gasteiger partial charge in [0, 0.05) is 49.8 Å². The second-order valence-electron chi connectivity index (χ2n) is 11.2. The van der Waals surface area contributed by atoms with Crippen LogP contribution in [0.25, 0.3) is 6.08 Å². The molecule has 2 amide bonds. The van der Waals surface area contributed by atoms with E-state index in [4.69, 9.17) is 0 Å². The number of ether oxygens (including phenoxy) is 1. The van der Waals surface area contributed by atoms with Crippen LogP contribution >= 0.6 is 0 Å². The number of hydrogen-bond donors (Lipinski definition) is 1. The van der Waals surface area contributed by atoms with Crippen molar-refractivity contribution >= 4 is 39.4 Å². The van der Waals surface area contributed by atoms with Gasteiger partial charge in [-0.25, -0.2) is 8.42 Å². The predicted octanol–water partition coefficient (Wildman–Crippen LogP) is 3.83. The summed E-state index contributed by atoms with van der Waals surface area (Å²) in [6, 6.07) is 8.86. The topological polar surface area (TPSA) is 112 Å². The van der Waals surface area contributed by atoms with Crippen molar-refractivity contribution in [3.8, 4) is 5.75 Å². The Balaban J connectivity index is 1.47. The van der Waals surface area contributed by atoms with Crippen molar-refractivity contribution in [1.82, 2.24) is 14.5 Å². The number of piperidine rings is 1. The van der Waals surface area contributed by atoms with Crippen LogP contribution in [0.15, 0.2) is 46.8 Å². The molecule has 0 bridgehead atoms. The number of amides is 2. The highest BCUT2D eigenvalue weighted by Gasteiger charge is 2.47. The first kappa shape index (κ1) is 33.1. The Morgan fingerprint density at radius 3 is 2.32 bits per heavy atom. The zero-order valence-electron chi connectivity index (χ0n) is 25.2. The van der Waals surface area contributed by atoms with Gasteiger partial charge in [-0.05, 0) is 87.8 Å². The molecule has 0 aliphatic carbocycles. The average molecular weight is 636 g/mol. The van der Waals surface area contributed by atoms with Gasteiger partial charge in [0.1, 0.15) is 17.1 Å². The lowest BCUT2D eigenvalue weighted by Gasteiger charge is -2.34. The molecule has 1 fully saturated rings. The van der Waals surface area contributed by atoms with E-state index in [-0.39, 0.29) is 43.2 Å². The van der Waals surface area contributed by atoms with Crippen LogP contribution in [0.2, 0.25) is 0 Å². The number of nitrogens with zero attached hydrogens (tertiary/aromatic N) is 4. The van der Waals surface area contributed by atoms with E-state index in [1.165, 1.54) is 23.4 Å². The zero-order valence-corrected chi connectivity index (χ0v) is 26.1. The van der Waals surface area contributed by atoms with Crippen LogP contribution in [0.3, 0.4) is 0 Å². The Labute approximate surface area is 255 Å². The number of carbonyl (C=O) groups is 2. The first-order valence-corrected chi connectivity index (χ1v) is 15.5. The van der Waals surface area contributed by atoms with Gasteiger partial charge in [0.25, 0.3) is 5.91 Å². The maximum absolute atomic E-state index is 13.3. The molecule has 4 rings (SSSR count). The summed E-state index contributed by atoms with van der Waals surface area (Å²) in [7, 11) is 0.0123. The normalized spacial score (nSPS) is 17.3. The number of halogens is 3. The van der Waals surface area contributed by atoms with Gasteiger partial charge in [-0.3, -0.25) is 14.6 Å². The Kier molecular flexibility index (Phi) is 9.57. The predicted molar refractivity (Wildman–Crippen MR) is 162 cm³/mol. The molecule has 2 aliphatic rings. The molecule has 2 heterocycles. The second-order valence-corrected chi connectivity index (χ2v) is 13.1. The van der Waals surface area contributed by atoms with Gasteiger partial charge in [0.15, 0.2) is 0 Å².